The van der Waals surface area contributed by atoms with Crippen LogP contribution in [-0.2, 0) is 19.1 Å². The number of benzene rings is 1. The van der Waals surface area contributed by atoms with Gasteiger partial charge in [0, 0.05) is 54.7 Å². The molecule has 2 saturated carbocycles. The Morgan fingerprint density at radius 2 is 1.84 bits per heavy atom. The second-order valence-corrected chi connectivity index (χ2v) is 11.9. The summed E-state index contributed by atoms with van der Waals surface area (Å²) >= 11 is 0. The zero-order chi connectivity index (χ0) is 27.8. The van der Waals surface area contributed by atoms with E-state index in [1.54, 1.807) is 32.2 Å². The molecular weight excluding hydrogens is 486 g/mol. The second-order valence-electron chi connectivity index (χ2n) is 11.9. The van der Waals surface area contributed by atoms with Gasteiger partial charge in [-0.2, -0.15) is 0 Å². The normalized spacial score (nSPS) is 38.5. The van der Waals surface area contributed by atoms with Crippen LogP contribution in [0.3, 0.4) is 0 Å². The number of ketones is 1. The summed E-state index contributed by atoms with van der Waals surface area (Å²) in [4.78, 5) is 39.3. The average Bonchev–Trinajstić information content (AvgIpc) is 3.27. The number of ether oxygens (including phenoxy) is 2. The lowest BCUT2D eigenvalue weighted by molar-refractivity contribution is -0.207. The fourth-order valence-electron chi connectivity index (χ4n) is 8.05. The summed E-state index contributed by atoms with van der Waals surface area (Å²) in [6, 6.07) is 6.98. The van der Waals surface area contributed by atoms with Crippen LogP contribution in [0.5, 0.6) is 0 Å². The van der Waals surface area contributed by atoms with Gasteiger partial charge >= 0.3 is 11.9 Å². The number of aliphatic hydroxyl groups excluding tert-OH is 1. The van der Waals surface area contributed by atoms with Gasteiger partial charge in [0.25, 0.3) is 0 Å². The number of nitrogens with one attached hydrogen (secondary N) is 1. The third-order valence-electron chi connectivity index (χ3n) is 9.85. The highest BCUT2D eigenvalue weighted by molar-refractivity contribution is 6.00. The Balaban J connectivity index is 1.67. The Kier molecular flexibility index (Phi) is 6.15. The van der Waals surface area contributed by atoms with Crippen molar-refractivity contribution in [2.45, 2.75) is 58.3 Å². The number of hydrogen-bond donors (Lipinski definition) is 3. The van der Waals surface area contributed by atoms with Gasteiger partial charge < -0.3 is 25.0 Å². The molecule has 5 rings (SSSR count). The van der Waals surface area contributed by atoms with E-state index in [4.69, 9.17) is 9.47 Å². The van der Waals surface area contributed by atoms with Crippen molar-refractivity contribution in [3.63, 3.8) is 0 Å². The number of allylic oxidation sites excluding steroid dienone is 1. The Morgan fingerprint density at radius 3 is 2.47 bits per heavy atom. The number of hydrogen-bond acceptors (Lipinski definition) is 8. The first-order valence-electron chi connectivity index (χ1n) is 13.3. The van der Waals surface area contributed by atoms with Crippen molar-refractivity contribution < 1.29 is 34.1 Å². The molecule has 4 aliphatic carbocycles. The zero-order valence-corrected chi connectivity index (χ0v) is 22.8. The molecule has 38 heavy (non-hydrogen) atoms. The minimum absolute atomic E-state index is 0.0426. The van der Waals surface area contributed by atoms with Gasteiger partial charge in [-0.05, 0) is 36.6 Å². The molecule has 8 nitrogen and oxygen atoms in total. The molecule has 4 aliphatic rings. The smallest absolute Gasteiger partial charge is 0.340 e. The molecule has 0 spiro atoms. The minimum Gasteiger partial charge on any atom is -0.454 e. The van der Waals surface area contributed by atoms with Crippen LogP contribution in [0.4, 0.5) is 5.69 Å². The lowest BCUT2D eigenvalue weighted by Gasteiger charge is -2.52. The zero-order valence-electron chi connectivity index (χ0n) is 22.8. The van der Waals surface area contributed by atoms with Crippen molar-refractivity contribution >= 4 is 23.4 Å². The van der Waals surface area contributed by atoms with Crippen LogP contribution in [0.25, 0.3) is 0 Å². The van der Waals surface area contributed by atoms with E-state index in [9.17, 15) is 24.6 Å². The van der Waals surface area contributed by atoms with E-state index in [0.29, 0.717) is 28.8 Å². The van der Waals surface area contributed by atoms with Crippen LogP contribution in [0, 0.1) is 35.0 Å². The SMILES string of the molecule is CNc1ccccc1C(=O)O[C@@H]1[C@@H](C)[C@@]2(O)[C@H]3C=C(C)C(=O)C3CC(CO)=C[C@H]2[C@@H]2C(C)(C)[C@]12OC(C)=O. The summed E-state index contributed by atoms with van der Waals surface area (Å²) in [7, 11) is 1.71. The number of Topliss-reactive ketones (excluding diaryl/α,β-unsaturated/α-hetero) is 1. The molecule has 0 aromatic heterocycles. The minimum atomic E-state index is -1.48. The van der Waals surface area contributed by atoms with E-state index < -0.39 is 64.2 Å². The van der Waals surface area contributed by atoms with Crippen LogP contribution < -0.4 is 5.32 Å². The number of fused-ring (bicyclic) bond motifs is 5. The quantitative estimate of drug-likeness (QED) is 0.397. The van der Waals surface area contributed by atoms with E-state index in [1.165, 1.54) is 6.92 Å². The van der Waals surface area contributed by atoms with Crippen molar-refractivity contribution in [3.8, 4) is 0 Å². The molecule has 0 radical (unpaired) electrons. The first-order valence-corrected chi connectivity index (χ1v) is 13.3. The fraction of sp³-hybridized carbons (Fsp3) is 0.567. The molecule has 1 unspecified atom stereocenters. The molecule has 1 aromatic carbocycles. The van der Waals surface area contributed by atoms with Crippen LogP contribution in [0.1, 0.15) is 51.4 Å². The molecule has 0 amide bonds. The van der Waals surface area contributed by atoms with Gasteiger partial charge in [-0.1, -0.05) is 45.1 Å². The van der Waals surface area contributed by atoms with Crippen LogP contribution in [0.2, 0.25) is 0 Å². The molecule has 1 aromatic rings. The second kappa shape index (κ2) is 8.78. The third-order valence-corrected chi connectivity index (χ3v) is 9.85. The van der Waals surface area contributed by atoms with Crippen LogP contribution >= 0.6 is 0 Å². The Morgan fingerprint density at radius 1 is 1.16 bits per heavy atom. The van der Waals surface area contributed by atoms with E-state index >= 15 is 0 Å². The first kappa shape index (κ1) is 26.6. The molecule has 0 bridgehead atoms. The maximum absolute atomic E-state index is 13.6. The maximum Gasteiger partial charge on any atom is 0.340 e. The predicted molar refractivity (Wildman–Crippen MR) is 140 cm³/mol. The molecule has 0 heterocycles. The summed E-state index contributed by atoms with van der Waals surface area (Å²) in [5, 5.41) is 25.9. The van der Waals surface area contributed by atoms with Gasteiger partial charge in [-0.3, -0.25) is 9.59 Å². The summed E-state index contributed by atoms with van der Waals surface area (Å²) in [5.74, 6) is -3.82. The fourth-order valence-corrected chi connectivity index (χ4v) is 8.05. The Bertz CT molecular complexity index is 1260. The molecule has 8 heteroatoms. The van der Waals surface area contributed by atoms with Gasteiger partial charge in [-0.25, -0.2) is 4.79 Å². The lowest BCUT2D eigenvalue weighted by Crippen LogP contribution is -2.63. The van der Waals surface area contributed by atoms with Gasteiger partial charge in [0.2, 0.25) is 0 Å². The van der Waals surface area contributed by atoms with Crippen molar-refractivity contribution in [2.24, 2.45) is 35.0 Å². The molecule has 3 N–H and O–H groups in total. The van der Waals surface area contributed by atoms with Crippen molar-refractivity contribution in [2.75, 3.05) is 19.0 Å². The number of esters is 2. The van der Waals surface area contributed by atoms with Gasteiger partial charge in [0.1, 0.15) is 6.10 Å². The van der Waals surface area contributed by atoms with Crippen molar-refractivity contribution in [1.82, 2.24) is 0 Å². The van der Waals surface area contributed by atoms with Crippen molar-refractivity contribution in [3.05, 3.63) is 53.1 Å². The van der Waals surface area contributed by atoms with Gasteiger partial charge in [0.05, 0.1) is 17.8 Å². The maximum atomic E-state index is 13.6. The number of anilines is 1. The number of rotatable bonds is 5. The Hall–Kier alpha value is -2.97. The van der Waals surface area contributed by atoms with Crippen LogP contribution in [-0.4, -0.2) is 58.9 Å². The first-order chi connectivity index (χ1) is 17.9. The average molecular weight is 524 g/mol. The molecule has 204 valence electrons. The number of carbonyl (C=O) groups excluding carboxylic acids is 3. The largest absolute Gasteiger partial charge is 0.454 e. The number of para-hydroxylation sites is 1. The Labute approximate surface area is 223 Å². The van der Waals surface area contributed by atoms with Gasteiger partial charge in [-0.15, -0.1) is 0 Å². The van der Waals surface area contributed by atoms with E-state index in [-0.39, 0.29) is 12.4 Å². The highest BCUT2D eigenvalue weighted by Gasteiger charge is 2.87. The van der Waals surface area contributed by atoms with E-state index in [2.05, 4.69) is 5.32 Å². The molecule has 0 aliphatic heterocycles. The molecule has 0 saturated heterocycles. The summed E-state index contributed by atoms with van der Waals surface area (Å²) in [6.07, 6.45) is 3.09. The van der Waals surface area contributed by atoms with Crippen LogP contribution in [0.15, 0.2) is 47.6 Å². The molecular formula is C30H37NO7. The lowest BCUT2D eigenvalue weighted by atomic mass is 9.60. The highest BCUT2D eigenvalue weighted by atomic mass is 16.6. The molecule has 2 fully saturated rings. The number of carbonyl (C=O) groups is 3. The number of aliphatic hydroxyl groups is 2. The third kappa shape index (κ3) is 3.39. The van der Waals surface area contributed by atoms with Gasteiger partial charge in [0.15, 0.2) is 11.4 Å². The standard InChI is InChI=1S/C30H37NO7/c1-15-11-21-20(24(15)34)12-18(14-32)13-22-25-28(4,5)30(25,38-17(3)33)26(16(2)29(21,22)36)37-27(35)19-9-7-8-10-23(19)31-6/h7-11,13,16,20-22,25-26,31-32,36H,12,14H2,1-6H3/t16-,20?,21+,22+,25-,26-,29-,30-/m1/s1. The summed E-state index contributed by atoms with van der Waals surface area (Å²) in [6.45, 7) is 8.58. The monoisotopic (exact) mass is 523 g/mol. The van der Waals surface area contributed by atoms with E-state index in [1.807, 2.05) is 39.0 Å². The van der Waals surface area contributed by atoms with Crippen molar-refractivity contribution in [1.29, 1.82) is 0 Å². The van der Waals surface area contributed by atoms with E-state index in [0.717, 1.165) is 0 Å². The summed E-state index contributed by atoms with van der Waals surface area (Å²) < 4.78 is 12.3. The predicted octanol–water partition coefficient (Wildman–Crippen LogP) is 3.29. The summed E-state index contributed by atoms with van der Waals surface area (Å²) in [5.41, 5.74) is -1.13. The highest BCUT2D eigenvalue weighted by Crippen LogP contribution is 2.77. The topological polar surface area (TPSA) is 122 Å². The molecule has 8 atom stereocenters.